The van der Waals surface area contributed by atoms with Crippen molar-refractivity contribution < 1.29 is 14.3 Å². The fraction of sp³-hybridized carbons (Fsp3) is 0.882. The monoisotopic (exact) mass is 284 g/mol. The Bertz CT molecular complexity index is 238. The zero-order valence-corrected chi connectivity index (χ0v) is 13.4. The Kier molecular flexibility index (Phi) is 13.9. The Balaban J connectivity index is 3.19. The van der Waals surface area contributed by atoms with E-state index < -0.39 is 0 Å². The van der Waals surface area contributed by atoms with Crippen LogP contribution in [0.4, 0.5) is 0 Å². The predicted octanol–water partition coefficient (Wildman–Crippen LogP) is 4.68. The number of carbonyl (C=O) groups is 2. The first kappa shape index (κ1) is 19.1. The van der Waals surface area contributed by atoms with Gasteiger partial charge in [-0.2, -0.15) is 0 Å². The van der Waals surface area contributed by atoms with E-state index >= 15 is 0 Å². The molecule has 0 aliphatic heterocycles. The van der Waals surface area contributed by atoms with Crippen molar-refractivity contribution >= 4 is 12.3 Å². The number of hydrogen-bond acceptors (Lipinski definition) is 3. The van der Waals surface area contributed by atoms with Crippen LogP contribution >= 0.6 is 0 Å². The highest BCUT2D eigenvalue weighted by Crippen LogP contribution is 2.11. The molecule has 0 spiro atoms. The van der Waals surface area contributed by atoms with Gasteiger partial charge in [-0.3, -0.25) is 4.79 Å². The minimum atomic E-state index is -0.188. The van der Waals surface area contributed by atoms with Crippen LogP contribution in [-0.4, -0.2) is 18.9 Å². The largest absolute Gasteiger partial charge is 0.465 e. The predicted molar refractivity (Wildman–Crippen MR) is 82.6 cm³/mol. The first-order valence-corrected chi connectivity index (χ1v) is 8.31. The molecular formula is C17H32O3. The second-order valence-electron chi connectivity index (χ2n) is 5.73. The van der Waals surface area contributed by atoms with Crippen LogP contribution in [0.15, 0.2) is 0 Å². The van der Waals surface area contributed by atoms with Crippen molar-refractivity contribution in [1.82, 2.24) is 0 Å². The zero-order valence-electron chi connectivity index (χ0n) is 13.4. The van der Waals surface area contributed by atoms with E-state index in [0.29, 0.717) is 6.42 Å². The second-order valence-corrected chi connectivity index (χ2v) is 5.73. The first-order chi connectivity index (χ1) is 9.70. The molecule has 0 aromatic heterocycles. The van der Waals surface area contributed by atoms with Crippen LogP contribution in [0, 0.1) is 5.92 Å². The maximum absolute atomic E-state index is 11.4. The number of hydrogen-bond donors (Lipinski definition) is 0. The Hall–Kier alpha value is -0.860. The van der Waals surface area contributed by atoms with Crippen molar-refractivity contribution in [3.05, 3.63) is 0 Å². The average Bonchev–Trinajstić information content (AvgIpc) is 2.46. The molecule has 0 aromatic carbocycles. The highest BCUT2D eigenvalue weighted by Gasteiger charge is 2.05. The van der Waals surface area contributed by atoms with Crippen molar-refractivity contribution in [3.8, 4) is 0 Å². The van der Waals surface area contributed by atoms with E-state index in [9.17, 15) is 9.59 Å². The Labute approximate surface area is 124 Å². The van der Waals surface area contributed by atoms with E-state index in [1.165, 1.54) is 51.4 Å². The van der Waals surface area contributed by atoms with Crippen molar-refractivity contribution in [2.75, 3.05) is 6.61 Å². The molecule has 0 saturated heterocycles. The summed E-state index contributed by atoms with van der Waals surface area (Å²) in [5.74, 6) is -0.357. The molecule has 0 N–H and O–H groups in total. The van der Waals surface area contributed by atoms with Crippen molar-refractivity contribution in [3.63, 3.8) is 0 Å². The molecule has 0 aromatic rings. The molecule has 0 saturated carbocycles. The fourth-order valence-corrected chi connectivity index (χ4v) is 2.09. The molecule has 20 heavy (non-hydrogen) atoms. The van der Waals surface area contributed by atoms with Gasteiger partial charge in [0, 0.05) is 12.3 Å². The van der Waals surface area contributed by atoms with E-state index in [0.717, 1.165) is 19.1 Å². The van der Waals surface area contributed by atoms with E-state index in [4.69, 9.17) is 4.74 Å². The molecule has 1 atom stereocenters. The highest BCUT2D eigenvalue weighted by atomic mass is 16.5. The minimum Gasteiger partial charge on any atom is -0.465 e. The summed E-state index contributed by atoms with van der Waals surface area (Å²) in [6, 6.07) is 0. The van der Waals surface area contributed by atoms with Gasteiger partial charge in [-0.1, -0.05) is 71.6 Å². The van der Waals surface area contributed by atoms with Gasteiger partial charge in [-0.15, -0.1) is 0 Å². The van der Waals surface area contributed by atoms with Gasteiger partial charge in [0.15, 0.2) is 0 Å². The number of unbranched alkanes of at least 4 members (excludes halogenated alkanes) is 9. The van der Waals surface area contributed by atoms with Gasteiger partial charge in [0.1, 0.15) is 12.9 Å². The summed E-state index contributed by atoms with van der Waals surface area (Å²) in [4.78, 5) is 21.7. The summed E-state index contributed by atoms with van der Waals surface area (Å²) >= 11 is 0. The number of esters is 1. The maximum atomic E-state index is 11.4. The molecule has 0 bridgehead atoms. The van der Waals surface area contributed by atoms with Crippen LogP contribution in [0.3, 0.4) is 0 Å². The van der Waals surface area contributed by atoms with E-state index in [1.54, 1.807) is 6.92 Å². The van der Waals surface area contributed by atoms with E-state index in [2.05, 4.69) is 6.92 Å². The third-order valence-electron chi connectivity index (χ3n) is 3.47. The number of aldehydes is 1. The molecule has 118 valence electrons. The summed E-state index contributed by atoms with van der Waals surface area (Å²) < 4.78 is 5.01. The lowest BCUT2D eigenvalue weighted by molar-refractivity contribution is -0.145. The maximum Gasteiger partial charge on any atom is 0.305 e. The molecule has 3 nitrogen and oxygen atoms in total. The van der Waals surface area contributed by atoms with Crippen LogP contribution in [0.2, 0.25) is 0 Å². The first-order valence-electron chi connectivity index (χ1n) is 8.31. The summed E-state index contributed by atoms with van der Waals surface area (Å²) in [7, 11) is 0. The third-order valence-corrected chi connectivity index (χ3v) is 3.47. The lowest BCUT2D eigenvalue weighted by Crippen LogP contribution is -2.12. The molecule has 0 rings (SSSR count). The SMILES string of the molecule is CCCCCCCCCCCCC(=O)OCC(C)C=O. The summed E-state index contributed by atoms with van der Waals surface area (Å²) in [5.41, 5.74) is 0. The normalized spacial score (nSPS) is 12.1. The quantitative estimate of drug-likeness (QED) is 0.264. The standard InChI is InChI=1S/C17H32O3/c1-3-4-5-6-7-8-9-10-11-12-13-17(19)20-15-16(2)14-18/h14,16H,3-13,15H2,1-2H3. The number of rotatable bonds is 14. The molecular weight excluding hydrogens is 252 g/mol. The molecule has 3 heteroatoms. The Morgan fingerprint density at radius 2 is 1.45 bits per heavy atom. The second kappa shape index (κ2) is 14.5. The molecule has 0 amide bonds. The topological polar surface area (TPSA) is 43.4 Å². The molecule has 1 unspecified atom stereocenters. The van der Waals surface area contributed by atoms with Crippen LogP contribution in [-0.2, 0) is 14.3 Å². The molecule has 0 aliphatic carbocycles. The van der Waals surface area contributed by atoms with Crippen LogP contribution in [0.5, 0.6) is 0 Å². The lowest BCUT2D eigenvalue weighted by Gasteiger charge is -2.06. The van der Waals surface area contributed by atoms with Crippen molar-refractivity contribution in [1.29, 1.82) is 0 Å². The van der Waals surface area contributed by atoms with Gasteiger partial charge >= 0.3 is 5.97 Å². The molecule has 0 aliphatic rings. The van der Waals surface area contributed by atoms with Gasteiger partial charge in [0.25, 0.3) is 0 Å². The minimum absolute atomic E-state index is 0.168. The highest BCUT2D eigenvalue weighted by molar-refractivity contribution is 5.69. The molecule has 0 heterocycles. The summed E-state index contributed by atoms with van der Waals surface area (Å²) in [6.45, 7) is 4.21. The van der Waals surface area contributed by atoms with Crippen molar-refractivity contribution in [2.24, 2.45) is 5.92 Å². The van der Waals surface area contributed by atoms with Crippen LogP contribution in [0.25, 0.3) is 0 Å². The average molecular weight is 284 g/mol. The lowest BCUT2D eigenvalue weighted by atomic mass is 10.1. The van der Waals surface area contributed by atoms with Gasteiger partial charge in [0.05, 0.1) is 0 Å². The van der Waals surface area contributed by atoms with Crippen LogP contribution < -0.4 is 0 Å². The fourth-order valence-electron chi connectivity index (χ4n) is 2.09. The van der Waals surface area contributed by atoms with Gasteiger partial charge < -0.3 is 9.53 Å². The van der Waals surface area contributed by atoms with Crippen LogP contribution in [0.1, 0.15) is 84.5 Å². The summed E-state index contributed by atoms with van der Waals surface area (Å²) in [6.07, 6.45) is 13.9. The smallest absolute Gasteiger partial charge is 0.305 e. The van der Waals surface area contributed by atoms with Gasteiger partial charge in [-0.05, 0) is 6.42 Å². The Morgan fingerprint density at radius 3 is 1.95 bits per heavy atom. The summed E-state index contributed by atoms with van der Waals surface area (Å²) in [5, 5.41) is 0. The van der Waals surface area contributed by atoms with Gasteiger partial charge in [0.2, 0.25) is 0 Å². The number of carbonyl (C=O) groups excluding carboxylic acids is 2. The molecule has 0 radical (unpaired) electrons. The van der Waals surface area contributed by atoms with Crippen molar-refractivity contribution in [2.45, 2.75) is 84.5 Å². The molecule has 0 fully saturated rings. The zero-order chi connectivity index (χ0) is 15.1. The van der Waals surface area contributed by atoms with Gasteiger partial charge in [-0.25, -0.2) is 0 Å². The van der Waals surface area contributed by atoms with E-state index in [1.807, 2.05) is 0 Å². The third kappa shape index (κ3) is 13.6. The van der Waals surface area contributed by atoms with E-state index in [-0.39, 0.29) is 18.5 Å². The number of ether oxygens (including phenoxy) is 1. The Morgan fingerprint density at radius 1 is 0.950 bits per heavy atom.